The molecule has 3 heteroatoms. The second kappa shape index (κ2) is 16.8. The van der Waals surface area contributed by atoms with Crippen molar-refractivity contribution in [1.82, 2.24) is 4.90 Å². The quantitative estimate of drug-likeness (QED) is 0.269. The predicted octanol–water partition coefficient (Wildman–Crippen LogP) is 5.73. The zero-order valence-electron chi connectivity index (χ0n) is 16.7. The van der Waals surface area contributed by atoms with E-state index in [0.717, 1.165) is 19.5 Å². The summed E-state index contributed by atoms with van der Waals surface area (Å²) in [5.74, 6) is 0. The summed E-state index contributed by atoms with van der Waals surface area (Å²) in [5.41, 5.74) is 0. The van der Waals surface area contributed by atoms with E-state index in [-0.39, 0.29) is 12.8 Å². The number of β-amino-alcohol motifs (C(OH)–C–C–N with tert-alkyl or cyclic N) is 1. The topological polar surface area (TPSA) is 35.8 Å². The zero-order chi connectivity index (χ0) is 18.0. The SMILES string of the molecule is CCCCCCCCCCCCCC/C=C/CC1N=CCN1CCO. The molecule has 0 spiro atoms. The Labute approximate surface area is 156 Å². The third kappa shape index (κ3) is 12.3. The smallest absolute Gasteiger partial charge is 0.105 e. The van der Waals surface area contributed by atoms with Crippen molar-refractivity contribution >= 4 is 6.21 Å². The van der Waals surface area contributed by atoms with Crippen LogP contribution in [0.3, 0.4) is 0 Å². The molecule has 1 aliphatic heterocycles. The fraction of sp³-hybridized carbons (Fsp3) is 0.864. The molecule has 1 aliphatic rings. The van der Waals surface area contributed by atoms with Crippen LogP contribution in [0.15, 0.2) is 17.1 Å². The van der Waals surface area contributed by atoms with Gasteiger partial charge in [-0.3, -0.25) is 9.89 Å². The van der Waals surface area contributed by atoms with Gasteiger partial charge in [-0.25, -0.2) is 0 Å². The van der Waals surface area contributed by atoms with Gasteiger partial charge in [0.25, 0.3) is 0 Å². The summed E-state index contributed by atoms with van der Waals surface area (Å²) in [6, 6.07) is 0. The lowest BCUT2D eigenvalue weighted by molar-refractivity contribution is 0.184. The molecule has 1 unspecified atom stereocenters. The first-order valence-electron chi connectivity index (χ1n) is 10.9. The van der Waals surface area contributed by atoms with E-state index in [1.54, 1.807) is 0 Å². The molecule has 1 heterocycles. The average Bonchev–Trinajstić information content (AvgIpc) is 3.06. The van der Waals surface area contributed by atoms with Crippen molar-refractivity contribution in [3.63, 3.8) is 0 Å². The average molecular weight is 351 g/mol. The van der Waals surface area contributed by atoms with Crippen molar-refractivity contribution in [2.45, 2.75) is 103 Å². The molecular formula is C22H42N2O. The number of allylic oxidation sites excluding steroid dienone is 1. The molecule has 1 N–H and O–H groups in total. The van der Waals surface area contributed by atoms with Crippen LogP contribution < -0.4 is 0 Å². The Bertz CT molecular complexity index is 341. The minimum absolute atomic E-state index is 0.225. The van der Waals surface area contributed by atoms with Gasteiger partial charge in [0, 0.05) is 25.7 Å². The number of aliphatic hydroxyl groups excluding tert-OH is 1. The van der Waals surface area contributed by atoms with Crippen LogP contribution in [-0.2, 0) is 0 Å². The molecule has 1 atom stereocenters. The van der Waals surface area contributed by atoms with Gasteiger partial charge in [-0.05, 0) is 12.8 Å². The van der Waals surface area contributed by atoms with E-state index in [0.29, 0.717) is 0 Å². The van der Waals surface area contributed by atoms with Crippen molar-refractivity contribution in [2.24, 2.45) is 4.99 Å². The first-order chi connectivity index (χ1) is 12.4. The molecule has 3 nitrogen and oxygen atoms in total. The monoisotopic (exact) mass is 350 g/mol. The molecule has 0 saturated heterocycles. The molecular weight excluding hydrogens is 308 g/mol. The lowest BCUT2D eigenvalue weighted by Gasteiger charge is -2.20. The van der Waals surface area contributed by atoms with Crippen LogP contribution in [-0.4, -0.2) is 42.1 Å². The predicted molar refractivity (Wildman–Crippen MR) is 110 cm³/mol. The van der Waals surface area contributed by atoms with Crippen molar-refractivity contribution in [1.29, 1.82) is 0 Å². The fourth-order valence-electron chi connectivity index (χ4n) is 3.51. The van der Waals surface area contributed by atoms with E-state index in [9.17, 15) is 0 Å². The van der Waals surface area contributed by atoms with Crippen molar-refractivity contribution in [3.8, 4) is 0 Å². The maximum atomic E-state index is 9.03. The summed E-state index contributed by atoms with van der Waals surface area (Å²) in [6.07, 6.45) is 26.0. The first-order valence-corrected chi connectivity index (χ1v) is 10.9. The number of unbranched alkanes of at least 4 members (excludes halogenated alkanes) is 12. The van der Waals surface area contributed by atoms with Crippen LogP contribution >= 0.6 is 0 Å². The van der Waals surface area contributed by atoms with Crippen LogP contribution in [0.1, 0.15) is 96.8 Å². The number of aliphatic imine (C=N–C) groups is 1. The van der Waals surface area contributed by atoms with Gasteiger partial charge >= 0.3 is 0 Å². The molecule has 146 valence electrons. The van der Waals surface area contributed by atoms with Crippen molar-refractivity contribution < 1.29 is 5.11 Å². The number of hydrogen-bond acceptors (Lipinski definition) is 3. The molecule has 0 aliphatic carbocycles. The first kappa shape index (κ1) is 22.4. The number of nitrogens with zero attached hydrogens (tertiary/aromatic N) is 2. The Morgan fingerprint density at radius 2 is 1.52 bits per heavy atom. The maximum Gasteiger partial charge on any atom is 0.105 e. The molecule has 0 aromatic rings. The van der Waals surface area contributed by atoms with Crippen LogP contribution in [0.4, 0.5) is 0 Å². The largest absolute Gasteiger partial charge is 0.395 e. The van der Waals surface area contributed by atoms with E-state index in [2.05, 4.69) is 29.0 Å². The number of hydrogen-bond donors (Lipinski definition) is 1. The van der Waals surface area contributed by atoms with Crippen molar-refractivity contribution in [3.05, 3.63) is 12.2 Å². The molecule has 0 bridgehead atoms. The van der Waals surface area contributed by atoms with Crippen LogP contribution in [0.25, 0.3) is 0 Å². The van der Waals surface area contributed by atoms with Gasteiger partial charge in [-0.15, -0.1) is 0 Å². The molecule has 0 aromatic carbocycles. The van der Waals surface area contributed by atoms with Gasteiger partial charge in [-0.1, -0.05) is 89.7 Å². The highest BCUT2D eigenvalue weighted by Crippen LogP contribution is 2.13. The van der Waals surface area contributed by atoms with Crippen LogP contribution in [0, 0.1) is 0 Å². The van der Waals surface area contributed by atoms with Gasteiger partial charge < -0.3 is 5.11 Å². The molecule has 25 heavy (non-hydrogen) atoms. The third-order valence-corrected chi connectivity index (χ3v) is 5.14. The van der Waals surface area contributed by atoms with Gasteiger partial charge in [0.2, 0.25) is 0 Å². The van der Waals surface area contributed by atoms with Gasteiger partial charge in [0.1, 0.15) is 6.17 Å². The molecule has 0 aromatic heterocycles. The van der Waals surface area contributed by atoms with Crippen LogP contribution in [0.5, 0.6) is 0 Å². The second-order valence-corrected chi connectivity index (χ2v) is 7.42. The molecule has 0 saturated carbocycles. The Morgan fingerprint density at radius 1 is 0.920 bits per heavy atom. The van der Waals surface area contributed by atoms with E-state index < -0.39 is 0 Å². The highest BCUT2D eigenvalue weighted by atomic mass is 16.3. The highest BCUT2D eigenvalue weighted by Gasteiger charge is 2.18. The molecule has 0 amide bonds. The van der Waals surface area contributed by atoms with Crippen LogP contribution in [0.2, 0.25) is 0 Å². The van der Waals surface area contributed by atoms with E-state index in [4.69, 9.17) is 5.11 Å². The minimum atomic E-state index is 0.225. The lowest BCUT2D eigenvalue weighted by Crippen LogP contribution is -2.32. The number of rotatable bonds is 17. The Balaban J connectivity index is 1.82. The van der Waals surface area contributed by atoms with Gasteiger partial charge in [0.05, 0.1) is 6.61 Å². The molecule has 1 rings (SSSR count). The Kier molecular flexibility index (Phi) is 15.0. The van der Waals surface area contributed by atoms with E-state index >= 15 is 0 Å². The molecule has 0 radical (unpaired) electrons. The third-order valence-electron chi connectivity index (χ3n) is 5.14. The van der Waals surface area contributed by atoms with Gasteiger partial charge in [-0.2, -0.15) is 0 Å². The summed E-state index contributed by atoms with van der Waals surface area (Å²) in [5, 5.41) is 9.03. The Morgan fingerprint density at radius 3 is 2.12 bits per heavy atom. The summed E-state index contributed by atoms with van der Waals surface area (Å²) in [6.45, 7) is 4.13. The summed E-state index contributed by atoms with van der Waals surface area (Å²) in [7, 11) is 0. The molecule has 0 fully saturated rings. The maximum absolute atomic E-state index is 9.03. The van der Waals surface area contributed by atoms with E-state index in [1.165, 1.54) is 83.5 Å². The van der Waals surface area contributed by atoms with Gasteiger partial charge in [0.15, 0.2) is 0 Å². The Hall–Kier alpha value is -0.670. The second-order valence-electron chi connectivity index (χ2n) is 7.42. The summed E-state index contributed by atoms with van der Waals surface area (Å²) < 4.78 is 0. The van der Waals surface area contributed by atoms with E-state index in [1.807, 2.05) is 6.21 Å². The minimum Gasteiger partial charge on any atom is -0.395 e. The zero-order valence-corrected chi connectivity index (χ0v) is 16.7. The summed E-state index contributed by atoms with van der Waals surface area (Å²) in [4.78, 5) is 6.71. The highest BCUT2D eigenvalue weighted by molar-refractivity contribution is 5.62. The lowest BCUT2D eigenvalue weighted by atomic mass is 10.0. The number of aliphatic hydroxyl groups is 1. The standard InChI is InChI=1S/C22H42N2O/c1-2-3-4-5-6-7-8-9-10-11-12-13-14-15-16-17-22-23-18-19-24(22)20-21-25/h15-16,18,22,25H,2-14,17,19-21H2,1H3/b16-15+. The van der Waals surface area contributed by atoms with Crippen molar-refractivity contribution in [2.75, 3.05) is 19.7 Å². The summed E-state index contributed by atoms with van der Waals surface area (Å²) >= 11 is 0. The normalized spacial score (nSPS) is 17.9. The fourth-order valence-corrected chi connectivity index (χ4v) is 3.51.